The molecular weight excluding hydrogens is 200 g/mol. The van der Waals surface area contributed by atoms with Gasteiger partial charge < -0.3 is 5.11 Å². The fourth-order valence-electron chi connectivity index (χ4n) is 0.730. The summed E-state index contributed by atoms with van der Waals surface area (Å²) in [4.78, 5) is 0. The van der Waals surface area contributed by atoms with Gasteiger partial charge in [-0.1, -0.05) is 49.2 Å². The third kappa shape index (κ3) is 12.9. The van der Waals surface area contributed by atoms with Gasteiger partial charge in [-0.15, -0.1) is 5.54 Å². The van der Waals surface area contributed by atoms with Crippen molar-refractivity contribution in [2.45, 2.75) is 38.9 Å². The van der Waals surface area contributed by atoms with Crippen molar-refractivity contribution in [3.05, 3.63) is 0 Å². The summed E-state index contributed by atoms with van der Waals surface area (Å²) in [7, 11) is -1.23. The number of aliphatic hydroxyl groups is 1. The Balaban J connectivity index is 3.73. The molecule has 0 rings (SSSR count). The molecule has 0 atom stereocenters. The second-order valence-corrected chi connectivity index (χ2v) is 8.84. The van der Waals surface area contributed by atoms with Crippen molar-refractivity contribution in [1.29, 1.82) is 0 Å². The van der Waals surface area contributed by atoms with Crippen LogP contribution in [-0.2, 0) is 0 Å². The van der Waals surface area contributed by atoms with E-state index in [4.69, 9.17) is 5.11 Å². The third-order valence-corrected chi connectivity index (χ3v) is 2.23. The van der Waals surface area contributed by atoms with E-state index in [2.05, 4.69) is 54.8 Å². The first-order chi connectivity index (χ1) is 7.06. The summed E-state index contributed by atoms with van der Waals surface area (Å²) >= 11 is 0. The van der Waals surface area contributed by atoms with Gasteiger partial charge >= 0.3 is 0 Å². The van der Waals surface area contributed by atoms with Crippen LogP contribution in [0.4, 0.5) is 0 Å². The van der Waals surface area contributed by atoms with Crippen molar-refractivity contribution < 1.29 is 5.11 Å². The highest BCUT2D eigenvalue weighted by atomic mass is 28.3. The van der Waals surface area contributed by atoms with Crippen LogP contribution >= 0.6 is 0 Å². The molecule has 0 aliphatic rings. The molecule has 0 heterocycles. The lowest BCUT2D eigenvalue weighted by Crippen LogP contribution is -2.16. The zero-order valence-electron chi connectivity index (χ0n) is 9.78. The van der Waals surface area contributed by atoms with Crippen LogP contribution in [0.2, 0.25) is 19.6 Å². The van der Waals surface area contributed by atoms with Crippen molar-refractivity contribution in [2.24, 2.45) is 0 Å². The Bertz CT molecular complexity index is 344. The standard InChI is InChI=1S/C13H18OSi/c1-15(2,3)13-11-9-7-5-4-6-8-10-12-14/h14H,4,9-10,12H2,1-3H3. The smallest absolute Gasteiger partial charge is 0.129 e. The lowest BCUT2D eigenvalue weighted by atomic mass is 10.3. The van der Waals surface area contributed by atoms with Gasteiger partial charge in [-0.2, -0.15) is 0 Å². The molecule has 0 aromatic carbocycles. The van der Waals surface area contributed by atoms with E-state index in [1.807, 2.05) is 0 Å². The molecule has 1 N–H and O–H groups in total. The van der Waals surface area contributed by atoms with E-state index in [1.165, 1.54) is 0 Å². The zero-order valence-corrected chi connectivity index (χ0v) is 10.8. The third-order valence-electron chi connectivity index (χ3n) is 1.30. The SMILES string of the molecule is C[Si](C)(C)C#CCC#CCC#CCCO. The second-order valence-electron chi connectivity index (χ2n) is 4.09. The van der Waals surface area contributed by atoms with Crippen LogP contribution < -0.4 is 0 Å². The van der Waals surface area contributed by atoms with Crippen molar-refractivity contribution in [2.75, 3.05) is 6.61 Å². The molecule has 0 saturated carbocycles. The highest BCUT2D eigenvalue weighted by Crippen LogP contribution is 1.96. The van der Waals surface area contributed by atoms with E-state index in [0.717, 1.165) is 0 Å². The quantitative estimate of drug-likeness (QED) is 0.527. The first-order valence-corrected chi connectivity index (χ1v) is 8.58. The minimum absolute atomic E-state index is 0.127. The van der Waals surface area contributed by atoms with Gasteiger partial charge in [0.2, 0.25) is 0 Å². The monoisotopic (exact) mass is 218 g/mol. The van der Waals surface area contributed by atoms with Crippen molar-refractivity contribution in [3.8, 4) is 35.1 Å². The Hall–Kier alpha value is -1.14. The molecule has 0 aliphatic carbocycles. The Morgan fingerprint density at radius 1 is 0.867 bits per heavy atom. The Labute approximate surface area is 94.3 Å². The molecule has 0 amide bonds. The number of hydrogen-bond acceptors (Lipinski definition) is 1. The van der Waals surface area contributed by atoms with Gasteiger partial charge in [0.25, 0.3) is 0 Å². The van der Waals surface area contributed by atoms with Gasteiger partial charge in [-0.3, -0.25) is 0 Å². The second kappa shape index (κ2) is 8.19. The highest BCUT2D eigenvalue weighted by molar-refractivity contribution is 6.83. The maximum atomic E-state index is 8.46. The first kappa shape index (κ1) is 13.9. The van der Waals surface area contributed by atoms with Crippen LogP contribution in [0.15, 0.2) is 0 Å². The average Bonchev–Trinajstić information content (AvgIpc) is 2.14. The molecule has 2 heteroatoms. The number of hydrogen-bond donors (Lipinski definition) is 1. The summed E-state index contributed by atoms with van der Waals surface area (Å²) in [6.07, 6.45) is 1.76. The molecule has 0 aliphatic heterocycles. The summed E-state index contributed by atoms with van der Waals surface area (Å²) in [6, 6.07) is 0. The summed E-state index contributed by atoms with van der Waals surface area (Å²) in [5.41, 5.74) is 3.25. The van der Waals surface area contributed by atoms with Crippen molar-refractivity contribution in [1.82, 2.24) is 0 Å². The zero-order chi connectivity index (χ0) is 11.6. The molecule has 0 aromatic heterocycles. The van der Waals surface area contributed by atoms with Gasteiger partial charge in [0, 0.05) is 6.42 Å². The predicted octanol–water partition coefficient (Wildman–Crippen LogP) is 2.04. The minimum Gasteiger partial charge on any atom is -0.395 e. The van der Waals surface area contributed by atoms with Gasteiger partial charge in [-0.25, -0.2) is 0 Å². The Kier molecular flexibility index (Phi) is 7.56. The molecular formula is C13H18OSi. The first-order valence-electron chi connectivity index (χ1n) is 5.08. The number of rotatable bonds is 1. The van der Waals surface area contributed by atoms with E-state index in [0.29, 0.717) is 19.3 Å². The Morgan fingerprint density at radius 2 is 1.40 bits per heavy atom. The Morgan fingerprint density at radius 3 is 1.93 bits per heavy atom. The fraction of sp³-hybridized carbons (Fsp3) is 0.538. The molecule has 0 saturated heterocycles. The fourth-order valence-corrected chi connectivity index (χ4v) is 1.35. The number of aliphatic hydroxyl groups excluding tert-OH is 1. The largest absolute Gasteiger partial charge is 0.395 e. The summed E-state index contributed by atoms with van der Waals surface area (Å²) in [5, 5.41) is 8.46. The summed E-state index contributed by atoms with van der Waals surface area (Å²) < 4.78 is 0. The molecule has 15 heavy (non-hydrogen) atoms. The van der Waals surface area contributed by atoms with Crippen LogP contribution in [0.5, 0.6) is 0 Å². The molecule has 80 valence electrons. The predicted molar refractivity (Wildman–Crippen MR) is 67.6 cm³/mol. The lowest BCUT2D eigenvalue weighted by Gasteiger charge is -2.02. The lowest BCUT2D eigenvalue weighted by molar-refractivity contribution is 0.305. The van der Waals surface area contributed by atoms with Crippen molar-refractivity contribution in [3.63, 3.8) is 0 Å². The summed E-state index contributed by atoms with van der Waals surface area (Å²) in [6.45, 7) is 6.78. The average molecular weight is 218 g/mol. The maximum Gasteiger partial charge on any atom is 0.129 e. The molecule has 1 nitrogen and oxygen atoms in total. The van der Waals surface area contributed by atoms with E-state index < -0.39 is 8.07 Å². The highest BCUT2D eigenvalue weighted by Gasteiger charge is 2.06. The van der Waals surface area contributed by atoms with Crippen LogP contribution in [-0.4, -0.2) is 19.8 Å². The topological polar surface area (TPSA) is 20.2 Å². The van der Waals surface area contributed by atoms with E-state index in [9.17, 15) is 0 Å². The van der Waals surface area contributed by atoms with Crippen LogP contribution in [0.1, 0.15) is 19.3 Å². The maximum absolute atomic E-state index is 8.46. The van der Waals surface area contributed by atoms with Crippen LogP contribution in [0.25, 0.3) is 0 Å². The molecule has 0 unspecified atom stereocenters. The van der Waals surface area contributed by atoms with Gasteiger partial charge in [0.15, 0.2) is 0 Å². The van der Waals surface area contributed by atoms with E-state index in [1.54, 1.807) is 0 Å². The molecule has 0 spiro atoms. The molecule has 0 fully saturated rings. The molecule has 0 radical (unpaired) electrons. The normalized spacial score (nSPS) is 8.80. The van der Waals surface area contributed by atoms with E-state index in [-0.39, 0.29) is 6.61 Å². The minimum atomic E-state index is -1.23. The van der Waals surface area contributed by atoms with Gasteiger partial charge in [-0.05, 0) is 0 Å². The van der Waals surface area contributed by atoms with Crippen molar-refractivity contribution >= 4 is 8.07 Å². The molecule has 0 aromatic rings. The summed E-state index contributed by atoms with van der Waals surface area (Å²) in [5.74, 6) is 14.7. The van der Waals surface area contributed by atoms with Crippen LogP contribution in [0, 0.1) is 35.1 Å². The van der Waals surface area contributed by atoms with Crippen LogP contribution in [0.3, 0.4) is 0 Å². The van der Waals surface area contributed by atoms with E-state index >= 15 is 0 Å². The molecule has 0 bridgehead atoms. The van der Waals surface area contributed by atoms with Gasteiger partial charge in [0.05, 0.1) is 19.4 Å². The van der Waals surface area contributed by atoms with Gasteiger partial charge in [0.1, 0.15) is 8.07 Å².